The lowest BCUT2D eigenvalue weighted by Gasteiger charge is -2.33. The highest BCUT2D eigenvalue weighted by Crippen LogP contribution is 2.27. The van der Waals surface area contributed by atoms with Gasteiger partial charge < -0.3 is 10.1 Å². The Hall–Kier alpha value is 0.120. The van der Waals surface area contributed by atoms with E-state index in [4.69, 9.17) is 4.74 Å². The van der Waals surface area contributed by atoms with E-state index < -0.39 is 10.0 Å². The van der Waals surface area contributed by atoms with Crippen molar-refractivity contribution < 1.29 is 13.2 Å². The van der Waals surface area contributed by atoms with Gasteiger partial charge in [-0.1, -0.05) is 0 Å². The summed E-state index contributed by atoms with van der Waals surface area (Å²) in [4.78, 5) is 0. The van der Waals surface area contributed by atoms with Crippen molar-refractivity contribution in [1.82, 2.24) is 9.62 Å². The topological polar surface area (TPSA) is 58.6 Å². The number of nitrogens with zero attached hydrogens (tertiary/aromatic N) is 1. The first-order valence-electron chi connectivity index (χ1n) is 6.79. The molecule has 0 aliphatic carbocycles. The van der Waals surface area contributed by atoms with Gasteiger partial charge in [-0.15, -0.1) is 12.4 Å². The summed E-state index contributed by atoms with van der Waals surface area (Å²) in [5.41, 5.74) is 0. The van der Waals surface area contributed by atoms with Crippen LogP contribution in [0.3, 0.4) is 0 Å². The number of fused-ring (bicyclic) bond motifs is 1. The van der Waals surface area contributed by atoms with E-state index in [9.17, 15) is 8.42 Å². The highest BCUT2D eigenvalue weighted by atomic mass is 35.5. The first-order chi connectivity index (χ1) is 8.49. The van der Waals surface area contributed by atoms with Gasteiger partial charge in [-0.2, -0.15) is 0 Å². The number of rotatable bonds is 5. The molecule has 2 aliphatic rings. The molecule has 2 rings (SSSR count). The molecule has 7 heteroatoms. The third-order valence-electron chi connectivity index (χ3n) is 3.85. The van der Waals surface area contributed by atoms with Gasteiger partial charge in [0.1, 0.15) is 0 Å². The zero-order valence-corrected chi connectivity index (χ0v) is 13.3. The van der Waals surface area contributed by atoms with Crippen LogP contribution in [0.5, 0.6) is 0 Å². The number of halogens is 1. The van der Waals surface area contributed by atoms with Crippen LogP contribution in [0.1, 0.15) is 20.3 Å². The van der Waals surface area contributed by atoms with E-state index in [0.29, 0.717) is 31.5 Å². The van der Waals surface area contributed by atoms with Crippen molar-refractivity contribution in [3.05, 3.63) is 0 Å². The van der Waals surface area contributed by atoms with Crippen LogP contribution in [0.25, 0.3) is 0 Å². The third kappa shape index (κ3) is 4.56. The molecule has 0 aromatic rings. The van der Waals surface area contributed by atoms with Crippen LogP contribution in [0.4, 0.5) is 0 Å². The standard InChI is InChI=1S/C12H24N2O3S.ClH/c1-10(2)17-5-6-18(15,16)14-4-3-11-7-13-8-12(11)9-14;/h10-13H,3-9H2,1-2H3;1H. The summed E-state index contributed by atoms with van der Waals surface area (Å²) < 4.78 is 31.4. The van der Waals surface area contributed by atoms with Crippen molar-refractivity contribution >= 4 is 22.4 Å². The van der Waals surface area contributed by atoms with Crippen molar-refractivity contribution in [1.29, 1.82) is 0 Å². The normalized spacial score (nSPS) is 28.2. The SMILES string of the molecule is CC(C)OCCS(=O)(=O)N1CCC2CNCC2C1.Cl. The summed E-state index contributed by atoms with van der Waals surface area (Å²) in [5, 5.41) is 3.35. The average molecular weight is 313 g/mol. The minimum atomic E-state index is -3.14. The predicted molar refractivity (Wildman–Crippen MR) is 78.2 cm³/mol. The van der Waals surface area contributed by atoms with E-state index in [1.165, 1.54) is 0 Å². The lowest BCUT2D eigenvalue weighted by Crippen LogP contribution is -2.44. The number of hydrogen-bond donors (Lipinski definition) is 1. The Labute approximate surface area is 122 Å². The molecule has 0 bridgehead atoms. The van der Waals surface area contributed by atoms with E-state index in [1.54, 1.807) is 4.31 Å². The Balaban J connectivity index is 0.00000180. The van der Waals surface area contributed by atoms with Crippen molar-refractivity contribution in [2.45, 2.75) is 26.4 Å². The monoisotopic (exact) mass is 312 g/mol. The minimum Gasteiger partial charge on any atom is -0.378 e. The van der Waals surface area contributed by atoms with Crippen LogP contribution >= 0.6 is 12.4 Å². The van der Waals surface area contributed by atoms with Gasteiger partial charge >= 0.3 is 0 Å². The van der Waals surface area contributed by atoms with Crippen LogP contribution in [-0.4, -0.2) is 57.4 Å². The molecule has 0 aromatic heterocycles. The number of ether oxygens (including phenoxy) is 1. The zero-order valence-electron chi connectivity index (χ0n) is 11.7. The molecule has 0 saturated carbocycles. The van der Waals surface area contributed by atoms with Crippen LogP contribution in [0.2, 0.25) is 0 Å². The van der Waals surface area contributed by atoms with Crippen LogP contribution < -0.4 is 5.32 Å². The molecule has 2 fully saturated rings. The van der Waals surface area contributed by atoms with Gasteiger partial charge in [0.25, 0.3) is 0 Å². The van der Waals surface area contributed by atoms with Crippen LogP contribution in [-0.2, 0) is 14.8 Å². The molecule has 19 heavy (non-hydrogen) atoms. The van der Waals surface area contributed by atoms with Gasteiger partial charge in [0.2, 0.25) is 10.0 Å². The molecule has 5 nitrogen and oxygen atoms in total. The summed E-state index contributed by atoms with van der Waals surface area (Å²) in [6.07, 6.45) is 1.08. The number of nitrogens with one attached hydrogen (secondary N) is 1. The molecular formula is C12H25ClN2O3S. The average Bonchev–Trinajstić information content (AvgIpc) is 2.74. The van der Waals surface area contributed by atoms with E-state index in [0.717, 1.165) is 19.5 Å². The summed E-state index contributed by atoms with van der Waals surface area (Å²) in [6.45, 7) is 7.50. The fourth-order valence-corrected chi connectivity index (χ4v) is 4.14. The molecule has 2 atom stereocenters. The van der Waals surface area contributed by atoms with Crippen molar-refractivity contribution in [2.24, 2.45) is 11.8 Å². The van der Waals surface area contributed by atoms with E-state index >= 15 is 0 Å². The lowest BCUT2D eigenvalue weighted by atomic mass is 9.90. The number of sulfonamides is 1. The fraction of sp³-hybridized carbons (Fsp3) is 1.00. The third-order valence-corrected chi connectivity index (χ3v) is 5.65. The van der Waals surface area contributed by atoms with Gasteiger partial charge in [0.15, 0.2) is 0 Å². The van der Waals surface area contributed by atoms with Gasteiger partial charge in [0, 0.05) is 13.1 Å². The quantitative estimate of drug-likeness (QED) is 0.812. The summed E-state index contributed by atoms with van der Waals surface area (Å²) in [6, 6.07) is 0. The van der Waals surface area contributed by atoms with Crippen molar-refractivity contribution in [3.63, 3.8) is 0 Å². The maximum atomic E-state index is 12.2. The molecule has 0 aromatic carbocycles. The highest BCUT2D eigenvalue weighted by molar-refractivity contribution is 7.89. The zero-order chi connectivity index (χ0) is 13.2. The lowest BCUT2D eigenvalue weighted by molar-refractivity contribution is 0.0903. The predicted octanol–water partition coefficient (Wildman–Crippen LogP) is 0.704. The second-order valence-corrected chi connectivity index (χ2v) is 7.65. The minimum absolute atomic E-state index is 0. The van der Waals surface area contributed by atoms with Crippen molar-refractivity contribution in [3.8, 4) is 0 Å². The largest absolute Gasteiger partial charge is 0.378 e. The molecule has 2 heterocycles. The number of piperidine rings is 1. The van der Waals surface area contributed by atoms with Gasteiger partial charge in [-0.05, 0) is 45.2 Å². The van der Waals surface area contributed by atoms with Crippen LogP contribution in [0, 0.1) is 11.8 Å². The Bertz CT molecular complexity index is 375. The molecule has 2 unspecified atom stereocenters. The first kappa shape index (κ1) is 17.2. The Morgan fingerprint density at radius 2 is 2.00 bits per heavy atom. The molecule has 1 N–H and O–H groups in total. The summed E-state index contributed by atoms with van der Waals surface area (Å²) in [7, 11) is -3.14. The fourth-order valence-electron chi connectivity index (χ4n) is 2.77. The number of hydrogen-bond acceptors (Lipinski definition) is 4. The van der Waals surface area contributed by atoms with E-state index in [-0.39, 0.29) is 24.3 Å². The second kappa shape index (κ2) is 7.22. The van der Waals surface area contributed by atoms with Gasteiger partial charge in [-0.3, -0.25) is 0 Å². The second-order valence-electron chi connectivity index (χ2n) is 5.56. The Morgan fingerprint density at radius 3 is 2.68 bits per heavy atom. The van der Waals surface area contributed by atoms with Crippen molar-refractivity contribution in [2.75, 3.05) is 38.5 Å². The van der Waals surface area contributed by atoms with Crippen LogP contribution in [0.15, 0.2) is 0 Å². The Kier molecular flexibility index (Phi) is 6.53. The van der Waals surface area contributed by atoms with Gasteiger partial charge in [0.05, 0.1) is 18.5 Å². The van der Waals surface area contributed by atoms with E-state index in [2.05, 4.69) is 5.32 Å². The van der Waals surface area contributed by atoms with E-state index in [1.807, 2.05) is 13.8 Å². The Morgan fingerprint density at radius 1 is 1.32 bits per heavy atom. The molecular weight excluding hydrogens is 288 g/mol. The highest BCUT2D eigenvalue weighted by Gasteiger charge is 2.36. The summed E-state index contributed by atoms with van der Waals surface area (Å²) in [5.74, 6) is 1.28. The molecule has 0 amide bonds. The first-order valence-corrected chi connectivity index (χ1v) is 8.40. The molecule has 0 spiro atoms. The molecule has 2 saturated heterocycles. The molecule has 2 aliphatic heterocycles. The smallest absolute Gasteiger partial charge is 0.216 e. The molecule has 0 radical (unpaired) electrons. The maximum Gasteiger partial charge on any atom is 0.216 e. The summed E-state index contributed by atoms with van der Waals surface area (Å²) >= 11 is 0. The maximum absolute atomic E-state index is 12.2. The van der Waals surface area contributed by atoms with Gasteiger partial charge in [-0.25, -0.2) is 12.7 Å². The molecule has 114 valence electrons.